The van der Waals surface area contributed by atoms with Gasteiger partial charge in [0, 0.05) is 27.9 Å². The van der Waals surface area contributed by atoms with Gasteiger partial charge in [0.2, 0.25) is 0 Å². The molecule has 224 valence electrons. The van der Waals surface area contributed by atoms with E-state index < -0.39 is 0 Å². The largest absolute Gasteiger partial charge is 0.457 e. The van der Waals surface area contributed by atoms with Crippen molar-refractivity contribution >= 4 is 17.1 Å². The Kier molecular flexibility index (Phi) is 5.65. The third kappa shape index (κ3) is 3.66. The van der Waals surface area contributed by atoms with Crippen LogP contribution in [0.4, 0.5) is 17.1 Å². The number of benzene rings is 4. The van der Waals surface area contributed by atoms with Gasteiger partial charge < -0.3 is 9.64 Å². The minimum Gasteiger partial charge on any atom is -0.457 e. The molecule has 0 N–H and O–H groups in total. The highest BCUT2D eigenvalue weighted by Gasteiger charge is 2.62. The predicted molar refractivity (Wildman–Crippen MR) is 181 cm³/mol. The van der Waals surface area contributed by atoms with E-state index >= 15 is 0 Å². The van der Waals surface area contributed by atoms with Crippen molar-refractivity contribution in [2.45, 2.75) is 88.9 Å². The van der Waals surface area contributed by atoms with Gasteiger partial charge in [-0.2, -0.15) is 0 Å². The van der Waals surface area contributed by atoms with Crippen LogP contribution >= 0.6 is 0 Å². The zero-order chi connectivity index (χ0) is 29.8. The van der Waals surface area contributed by atoms with E-state index in [9.17, 15) is 0 Å². The number of para-hydroxylation sites is 2. The maximum atomic E-state index is 6.90. The quantitative estimate of drug-likeness (QED) is 0.239. The third-order valence-corrected chi connectivity index (χ3v) is 12.7. The molecule has 0 unspecified atom stereocenters. The Morgan fingerprint density at radius 1 is 0.568 bits per heavy atom. The summed E-state index contributed by atoms with van der Waals surface area (Å²) >= 11 is 0. The van der Waals surface area contributed by atoms with Crippen LogP contribution in [0.2, 0.25) is 0 Å². The number of anilines is 3. The second-order valence-corrected chi connectivity index (χ2v) is 16.1. The Hall–Kier alpha value is -3.52. The molecule has 4 saturated carbocycles. The van der Waals surface area contributed by atoms with Crippen molar-refractivity contribution in [2.75, 3.05) is 4.90 Å². The summed E-state index contributed by atoms with van der Waals surface area (Å²) in [5, 5.41) is 0. The molecule has 0 radical (unpaired) electrons. The summed E-state index contributed by atoms with van der Waals surface area (Å²) in [5.74, 6) is 5.24. The Balaban J connectivity index is 1.31. The molecule has 1 heterocycles. The van der Waals surface area contributed by atoms with Crippen LogP contribution in [-0.4, -0.2) is 0 Å². The number of hydrogen-bond donors (Lipinski definition) is 0. The summed E-state index contributed by atoms with van der Waals surface area (Å²) in [6.45, 7) is 9.73. The molecule has 4 aromatic rings. The average Bonchev–Trinajstić information content (AvgIpc) is 3.02. The van der Waals surface area contributed by atoms with Gasteiger partial charge in [-0.3, -0.25) is 0 Å². The lowest BCUT2D eigenvalue weighted by Crippen LogP contribution is -2.57. The zero-order valence-electron chi connectivity index (χ0n) is 26.8. The van der Waals surface area contributed by atoms with Gasteiger partial charge in [-0.1, -0.05) is 76.2 Å². The van der Waals surface area contributed by atoms with Gasteiger partial charge in [0.25, 0.3) is 0 Å². The van der Waals surface area contributed by atoms with E-state index in [0.29, 0.717) is 11.8 Å². The van der Waals surface area contributed by atoms with E-state index in [4.69, 9.17) is 4.74 Å². The first-order valence-corrected chi connectivity index (χ1v) is 17.2. The van der Waals surface area contributed by atoms with Gasteiger partial charge in [-0.15, -0.1) is 0 Å². The summed E-state index contributed by atoms with van der Waals surface area (Å²) < 4.78 is 6.90. The minimum atomic E-state index is -0.0172. The van der Waals surface area contributed by atoms with E-state index in [1.54, 1.807) is 0 Å². The highest BCUT2D eigenvalue weighted by Crippen LogP contribution is 2.70. The van der Waals surface area contributed by atoms with Crippen molar-refractivity contribution in [3.63, 3.8) is 0 Å². The van der Waals surface area contributed by atoms with Gasteiger partial charge in [-0.05, 0) is 133 Å². The number of hydrogen-bond acceptors (Lipinski definition) is 2. The molecule has 0 aromatic heterocycles. The summed E-state index contributed by atoms with van der Waals surface area (Å²) in [7, 11) is 0. The number of rotatable bonds is 3. The van der Waals surface area contributed by atoms with Crippen molar-refractivity contribution in [1.82, 2.24) is 0 Å². The maximum absolute atomic E-state index is 6.90. The molecular weight excluding hydrogens is 534 g/mol. The number of nitrogens with zero attached hydrogens (tertiary/aromatic N) is 1. The second-order valence-electron chi connectivity index (χ2n) is 16.1. The van der Waals surface area contributed by atoms with E-state index in [2.05, 4.69) is 124 Å². The first-order valence-electron chi connectivity index (χ1n) is 17.2. The van der Waals surface area contributed by atoms with E-state index in [-0.39, 0.29) is 16.2 Å². The molecule has 4 aromatic carbocycles. The highest BCUT2D eigenvalue weighted by atomic mass is 16.5. The van der Waals surface area contributed by atoms with Crippen molar-refractivity contribution < 1.29 is 4.74 Å². The van der Waals surface area contributed by atoms with Gasteiger partial charge in [0.05, 0.1) is 5.69 Å². The molecule has 4 bridgehead atoms. The van der Waals surface area contributed by atoms with Gasteiger partial charge >= 0.3 is 0 Å². The smallest absolute Gasteiger partial charge is 0.133 e. The van der Waals surface area contributed by atoms with E-state index in [0.717, 1.165) is 23.3 Å². The summed E-state index contributed by atoms with van der Waals surface area (Å²) in [6.07, 6.45) is 9.29. The SMILES string of the molecule is CC1(C)CCC(C)(C)c2cc(N(c3ccccc3)c3cccc4c3C3(c5ccccc5O4)C4CC5CC(C4)CC3C5)ccc21. The van der Waals surface area contributed by atoms with Crippen LogP contribution in [0.25, 0.3) is 0 Å². The van der Waals surface area contributed by atoms with Crippen molar-refractivity contribution in [1.29, 1.82) is 0 Å². The first kappa shape index (κ1) is 26.8. The molecule has 0 saturated heterocycles. The Morgan fingerprint density at radius 3 is 1.93 bits per heavy atom. The van der Waals surface area contributed by atoms with Crippen LogP contribution in [0, 0.1) is 23.7 Å². The Morgan fingerprint density at radius 2 is 1.20 bits per heavy atom. The summed E-state index contributed by atoms with van der Waals surface area (Å²) in [6, 6.07) is 34.4. The molecule has 2 nitrogen and oxygen atoms in total. The zero-order valence-corrected chi connectivity index (χ0v) is 26.8. The predicted octanol–water partition coefficient (Wildman–Crippen LogP) is 11.4. The van der Waals surface area contributed by atoms with Crippen molar-refractivity contribution in [3.05, 3.63) is 113 Å². The lowest BCUT2D eigenvalue weighted by molar-refractivity contribution is -0.0449. The molecule has 6 aliphatic rings. The van der Waals surface area contributed by atoms with Crippen LogP contribution in [-0.2, 0) is 16.2 Å². The third-order valence-electron chi connectivity index (χ3n) is 12.7. The lowest BCUT2D eigenvalue weighted by atomic mass is 9.41. The molecule has 44 heavy (non-hydrogen) atoms. The van der Waals surface area contributed by atoms with Crippen molar-refractivity contribution in [3.8, 4) is 11.5 Å². The fraction of sp³-hybridized carbons (Fsp3) is 0.429. The fourth-order valence-corrected chi connectivity index (χ4v) is 10.9. The molecule has 2 heteroatoms. The molecule has 0 atom stereocenters. The van der Waals surface area contributed by atoms with Crippen LogP contribution in [0.15, 0.2) is 91.0 Å². The lowest BCUT2D eigenvalue weighted by Gasteiger charge is -2.63. The molecule has 5 aliphatic carbocycles. The van der Waals surface area contributed by atoms with Crippen LogP contribution in [0.5, 0.6) is 11.5 Å². The van der Waals surface area contributed by atoms with Gasteiger partial charge in [0.15, 0.2) is 0 Å². The molecular formula is C42H45NO. The van der Waals surface area contributed by atoms with E-state index in [1.807, 2.05) is 0 Å². The number of fused-ring (bicyclic) bond motifs is 3. The standard InChI is InChI=1S/C42H45NO/c1-40(2)19-20-41(3,4)35-26-32(17-18-33(35)40)43(31-11-6-5-7-12-31)36-14-10-16-38-39(36)42(34-13-8-9-15-37(34)44-38)29-22-27-21-28(24-29)25-30(42)23-27/h5-18,26-30H,19-25H2,1-4H3. The fourth-order valence-electron chi connectivity index (χ4n) is 10.9. The Bertz CT molecular complexity index is 1740. The first-order chi connectivity index (χ1) is 21.3. The van der Waals surface area contributed by atoms with Crippen molar-refractivity contribution in [2.24, 2.45) is 23.7 Å². The van der Waals surface area contributed by atoms with Crippen LogP contribution in [0.3, 0.4) is 0 Å². The van der Waals surface area contributed by atoms with Crippen LogP contribution in [0.1, 0.15) is 94.9 Å². The normalized spacial score (nSPS) is 29.8. The minimum absolute atomic E-state index is 0.0172. The number of ether oxygens (including phenoxy) is 1. The molecule has 1 spiro atoms. The van der Waals surface area contributed by atoms with E-state index in [1.165, 1.54) is 84.3 Å². The molecule has 1 aliphatic heterocycles. The summed E-state index contributed by atoms with van der Waals surface area (Å²) in [4.78, 5) is 2.57. The monoisotopic (exact) mass is 579 g/mol. The van der Waals surface area contributed by atoms with Crippen LogP contribution < -0.4 is 9.64 Å². The summed E-state index contributed by atoms with van der Waals surface area (Å²) in [5.41, 5.74) is 9.97. The topological polar surface area (TPSA) is 12.5 Å². The van der Waals surface area contributed by atoms with Gasteiger partial charge in [0.1, 0.15) is 11.5 Å². The maximum Gasteiger partial charge on any atom is 0.133 e. The van der Waals surface area contributed by atoms with Gasteiger partial charge in [-0.25, -0.2) is 0 Å². The molecule has 4 fully saturated rings. The molecule has 10 rings (SSSR count). The molecule has 0 amide bonds. The highest BCUT2D eigenvalue weighted by molar-refractivity contribution is 5.83. The Labute approximate surface area is 263 Å². The average molecular weight is 580 g/mol. The second kappa shape index (κ2) is 9.25.